The zero-order valence-electron chi connectivity index (χ0n) is 10.5. The van der Waals surface area contributed by atoms with Crippen molar-refractivity contribution in [2.75, 3.05) is 27.0 Å². The maximum atomic E-state index is 12.2. The average molecular weight is 274 g/mol. The molecule has 1 heterocycles. The standard InChI is InChI=1S/C12H16F2N2O3/c1-17-9-2-7(3-10-12(9)19-6-18-10)8(4-15)16-5-11(13)14/h2-3,8,11,16H,4-6,15H2,1H3. The molecule has 19 heavy (non-hydrogen) atoms. The third-order valence-electron chi connectivity index (χ3n) is 2.84. The van der Waals surface area contributed by atoms with Gasteiger partial charge in [-0.25, -0.2) is 8.78 Å². The molecule has 7 heteroatoms. The second-order valence-corrected chi connectivity index (χ2v) is 4.04. The summed E-state index contributed by atoms with van der Waals surface area (Å²) >= 11 is 0. The molecule has 0 fully saturated rings. The van der Waals surface area contributed by atoms with Crippen molar-refractivity contribution in [2.24, 2.45) is 5.73 Å². The maximum absolute atomic E-state index is 12.2. The van der Waals surface area contributed by atoms with Gasteiger partial charge in [0.15, 0.2) is 11.5 Å². The van der Waals surface area contributed by atoms with Crippen LogP contribution in [0.2, 0.25) is 0 Å². The molecule has 0 saturated heterocycles. The van der Waals surface area contributed by atoms with Gasteiger partial charge >= 0.3 is 0 Å². The molecule has 0 bridgehead atoms. The Labute approximate surface area is 109 Å². The van der Waals surface area contributed by atoms with Gasteiger partial charge in [0.05, 0.1) is 13.7 Å². The zero-order chi connectivity index (χ0) is 13.8. The van der Waals surface area contributed by atoms with Crippen LogP contribution in [0.15, 0.2) is 12.1 Å². The molecule has 0 spiro atoms. The summed E-state index contributed by atoms with van der Waals surface area (Å²) in [5, 5.41) is 2.70. The Kier molecular flexibility index (Phi) is 4.39. The number of nitrogens with one attached hydrogen (secondary N) is 1. The van der Waals surface area contributed by atoms with Crippen LogP contribution < -0.4 is 25.3 Å². The molecule has 0 radical (unpaired) electrons. The summed E-state index contributed by atoms with van der Waals surface area (Å²) in [4.78, 5) is 0. The molecule has 1 atom stereocenters. The lowest BCUT2D eigenvalue weighted by molar-refractivity contribution is 0.141. The Morgan fingerprint density at radius 3 is 2.84 bits per heavy atom. The van der Waals surface area contributed by atoms with Crippen molar-refractivity contribution in [3.05, 3.63) is 17.7 Å². The summed E-state index contributed by atoms with van der Waals surface area (Å²) in [7, 11) is 1.51. The van der Waals surface area contributed by atoms with Crippen molar-refractivity contribution in [2.45, 2.75) is 12.5 Å². The van der Waals surface area contributed by atoms with E-state index in [1.165, 1.54) is 7.11 Å². The van der Waals surface area contributed by atoms with Crippen molar-refractivity contribution in [1.82, 2.24) is 5.32 Å². The Hall–Kier alpha value is -1.60. The molecule has 0 aliphatic carbocycles. The summed E-state index contributed by atoms with van der Waals surface area (Å²) in [6.07, 6.45) is -2.43. The molecule has 1 aromatic rings. The molecule has 1 aromatic carbocycles. The SMILES string of the molecule is COc1cc(C(CN)NCC(F)F)cc2c1OCO2. The highest BCUT2D eigenvalue weighted by atomic mass is 19.3. The van der Waals surface area contributed by atoms with E-state index < -0.39 is 19.0 Å². The van der Waals surface area contributed by atoms with Crippen LogP contribution in [0.5, 0.6) is 17.2 Å². The first-order chi connectivity index (χ1) is 9.15. The molecular weight excluding hydrogens is 258 g/mol. The van der Waals surface area contributed by atoms with Gasteiger partial charge < -0.3 is 25.3 Å². The molecule has 1 aliphatic heterocycles. The summed E-state index contributed by atoms with van der Waals surface area (Å²) in [5.74, 6) is 1.56. The van der Waals surface area contributed by atoms with E-state index in [4.69, 9.17) is 19.9 Å². The minimum Gasteiger partial charge on any atom is -0.493 e. The highest BCUT2D eigenvalue weighted by Crippen LogP contribution is 2.42. The van der Waals surface area contributed by atoms with E-state index >= 15 is 0 Å². The van der Waals surface area contributed by atoms with Crippen molar-refractivity contribution < 1.29 is 23.0 Å². The number of halogens is 2. The van der Waals surface area contributed by atoms with Gasteiger partial charge in [-0.15, -0.1) is 0 Å². The average Bonchev–Trinajstić information content (AvgIpc) is 2.86. The first kappa shape index (κ1) is 13.8. The lowest BCUT2D eigenvalue weighted by Gasteiger charge is -2.18. The first-order valence-electron chi connectivity index (χ1n) is 5.84. The molecule has 1 unspecified atom stereocenters. The smallest absolute Gasteiger partial charge is 0.250 e. The van der Waals surface area contributed by atoms with Crippen molar-refractivity contribution >= 4 is 0 Å². The molecule has 0 saturated carbocycles. The molecule has 2 rings (SSSR count). The van der Waals surface area contributed by atoms with E-state index in [1.807, 2.05) is 0 Å². The molecule has 0 amide bonds. The highest BCUT2D eigenvalue weighted by Gasteiger charge is 2.23. The van der Waals surface area contributed by atoms with E-state index in [0.717, 1.165) is 5.56 Å². The Bertz CT molecular complexity index is 443. The van der Waals surface area contributed by atoms with E-state index in [1.54, 1.807) is 12.1 Å². The molecule has 1 aliphatic rings. The molecule has 5 nitrogen and oxygen atoms in total. The van der Waals surface area contributed by atoms with Crippen LogP contribution >= 0.6 is 0 Å². The zero-order valence-corrected chi connectivity index (χ0v) is 10.5. The van der Waals surface area contributed by atoms with Crippen LogP contribution in [0.3, 0.4) is 0 Å². The second kappa shape index (κ2) is 6.03. The monoisotopic (exact) mass is 274 g/mol. The molecule has 0 aromatic heterocycles. The quantitative estimate of drug-likeness (QED) is 0.818. The van der Waals surface area contributed by atoms with Crippen LogP contribution in [-0.4, -0.2) is 33.4 Å². The van der Waals surface area contributed by atoms with Crippen LogP contribution in [0, 0.1) is 0 Å². The summed E-state index contributed by atoms with van der Waals surface area (Å²) < 4.78 is 40.2. The van der Waals surface area contributed by atoms with Gasteiger partial charge in [0.2, 0.25) is 12.5 Å². The number of alkyl halides is 2. The van der Waals surface area contributed by atoms with Gasteiger partial charge in [0.1, 0.15) is 0 Å². The number of rotatable bonds is 6. The van der Waals surface area contributed by atoms with Crippen LogP contribution in [0.1, 0.15) is 11.6 Å². The van der Waals surface area contributed by atoms with Crippen LogP contribution in [0.4, 0.5) is 8.78 Å². The number of hydrogen-bond donors (Lipinski definition) is 2. The molecule has 106 valence electrons. The fraction of sp³-hybridized carbons (Fsp3) is 0.500. The van der Waals surface area contributed by atoms with Crippen molar-refractivity contribution in [3.63, 3.8) is 0 Å². The molecule has 3 N–H and O–H groups in total. The normalized spacial score (nSPS) is 14.8. The topological polar surface area (TPSA) is 65.7 Å². The lowest BCUT2D eigenvalue weighted by Crippen LogP contribution is -2.31. The van der Waals surface area contributed by atoms with Gasteiger partial charge in [-0.2, -0.15) is 0 Å². The Balaban J connectivity index is 2.23. The minimum absolute atomic E-state index is 0.118. The van der Waals surface area contributed by atoms with Gasteiger partial charge in [-0.1, -0.05) is 0 Å². The van der Waals surface area contributed by atoms with E-state index in [0.29, 0.717) is 17.2 Å². The maximum Gasteiger partial charge on any atom is 0.250 e. The summed E-state index contributed by atoms with van der Waals surface area (Å²) in [5.41, 5.74) is 6.33. The predicted molar refractivity (Wildman–Crippen MR) is 64.9 cm³/mol. The predicted octanol–water partition coefficient (Wildman–Crippen LogP) is 1.28. The Morgan fingerprint density at radius 2 is 2.21 bits per heavy atom. The number of fused-ring (bicyclic) bond motifs is 1. The second-order valence-electron chi connectivity index (χ2n) is 4.04. The number of ether oxygens (including phenoxy) is 3. The third kappa shape index (κ3) is 3.05. The van der Waals surface area contributed by atoms with Crippen molar-refractivity contribution in [1.29, 1.82) is 0 Å². The number of nitrogens with two attached hydrogens (primary N) is 1. The van der Waals surface area contributed by atoms with E-state index in [-0.39, 0.29) is 13.3 Å². The van der Waals surface area contributed by atoms with E-state index in [2.05, 4.69) is 5.32 Å². The van der Waals surface area contributed by atoms with Gasteiger partial charge in [-0.05, 0) is 17.7 Å². The molecular formula is C12H16F2N2O3. The Morgan fingerprint density at radius 1 is 1.42 bits per heavy atom. The summed E-state index contributed by atoms with van der Waals surface area (Å²) in [6.45, 7) is -0.110. The summed E-state index contributed by atoms with van der Waals surface area (Å²) in [6, 6.07) is 3.04. The fourth-order valence-electron chi connectivity index (χ4n) is 1.92. The van der Waals surface area contributed by atoms with Crippen molar-refractivity contribution in [3.8, 4) is 17.2 Å². The number of benzene rings is 1. The van der Waals surface area contributed by atoms with E-state index in [9.17, 15) is 8.78 Å². The number of methoxy groups -OCH3 is 1. The fourth-order valence-corrected chi connectivity index (χ4v) is 1.92. The van der Waals surface area contributed by atoms with Gasteiger partial charge in [-0.3, -0.25) is 0 Å². The minimum atomic E-state index is -2.43. The highest BCUT2D eigenvalue weighted by molar-refractivity contribution is 5.55. The first-order valence-corrected chi connectivity index (χ1v) is 5.84. The number of hydrogen-bond acceptors (Lipinski definition) is 5. The van der Waals surface area contributed by atoms with Crippen LogP contribution in [0.25, 0.3) is 0 Å². The van der Waals surface area contributed by atoms with Gasteiger partial charge in [0, 0.05) is 12.6 Å². The lowest BCUT2D eigenvalue weighted by atomic mass is 10.1. The largest absolute Gasteiger partial charge is 0.493 e. The van der Waals surface area contributed by atoms with Crippen LogP contribution in [-0.2, 0) is 0 Å². The van der Waals surface area contributed by atoms with Gasteiger partial charge in [0.25, 0.3) is 6.43 Å². The third-order valence-corrected chi connectivity index (χ3v) is 2.84.